The van der Waals surface area contributed by atoms with Gasteiger partial charge in [0.05, 0.1) is 12.0 Å². The van der Waals surface area contributed by atoms with Crippen LogP contribution < -0.4 is 0 Å². The van der Waals surface area contributed by atoms with Crippen LogP contribution in [0.2, 0.25) is 0 Å². The van der Waals surface area contributed by atoms with Crippen molar-refractivity contribution < 1.29 is 27.8 Å². The van der Waals surface area contributed by atoms with E-state index in [-0.39, 0.29) is 6.42 Å². The predicted octanol–water partition coefficient (Wildman–Crippen LogP) is 3.24. The average Bonchev–Trinajstić information content (AvgIpc) is 2.21. The third kappa shape index (κ3) is 5.91. The summed E-state index contributed by atoms with van der Waals surface area (Å²) in [4.78, 5) is 11.2. The SMILES string of the molecule is CCCCC(CC)(COCC(F)(F)F)C(=O)O. The highest BCUT2D eigenvalue weighted by Crippen LogP contribution is 2.30. The molecular formula is C11H19F3O3. The number of hydrogen-bond acceptors (Lipinski definition) is 2. The van der Waals surface area contributed by atoms with E-state index in [1.165, 1.54) is 0 Å². The summed E-state index contributed by atoms with van der Waals surface area (Å²) in [7, 11) is 0. The number of ether oxygens (including phenoxy) is 1. The van der Waals surface area contributed by atoms with E-state index in [4.69, 9.17) is 5.11 Å². The van der Waals surface area contributed by atoms with Gasteiger partial charge in [0.25, 0.3) is 0 Å². The molecule has 0 aromatic heterocycles. The highest BCUT2D eigenvalue weighted by molar-refractivity contribution is 5.74. The molecule has 102 valence electrons. The van der Waals surface area contributed by atoms with E-state index >= 15 is 0 Å². The number of carbonyl (C=O) groups is 1. The van der Waals surface area contributed by atoms with Crippen molar-refractivity contribution in [2.75, 3.05) is 13.2 Å². The topological polar surface area (TPSA) is 46.5 Å². The van der Waals surface area contributed by atoms with E-state index in [0.29, 0.717) is 12.8 Å². The molecule has 0 saturated carbocycles. The molecule has 0 saturated heterocycles. The van der Waals surface area contributed by atoms with Crippen molar-refractivity contribution in [2.45, 2.75) is 45.7 Å². The summed E-state index contributed by atoms with van der Waals surface area (Å²) in [5.41, 5.74) is -1.19. The predicted molar refractivity (Wildman–Crippen MR) is 56.8 cm³/mol. The van der Waals surface area contributed by atoms with Gasteiger partial charge in [-0.25, -0.2) is 0 Å². The van der Waals surface area contributed by atoms with E-state index in [0.717, 1.165) is 6.42 Å². The second kappa shape index (κ2) is 6.83. The Balaban J connectivity index is 4.42. The van der Waals surface area contributed by atoms with Crippen LogP contribution in [0.3, 0.4) is 0 Å². The van der Waals surface area contributed by atoms with Gasteiger partial charge in [0, 0.05) is 0 Å². The smallest absolute Gasteiger partial charge is 0.411 e. The Morgan fingerprint density at radius 2 is 1.82 bits per heavy atom. The number of carboxylic acids is 1. The van der Waals surface area contributed by atoms with Gasteiger partial charge in [-0.05, 0) is 12.8 Å². The van der Waals surface area contributed by atoms with Gasteiger partial charge in [-0.2, -0.15) is 13.2 Å². The van der Waals surface area contributed by atoms with Crippen LogP contribution in [0.4, 0.5) is 13.2 Å². The summed E-state index contributed by atoms with van der Waals surface area (Å²) in [5.74, 6) is -1.09. The third-order valence-electron chi connectivity index (χ3n) is 2.78. The van der Waals surface area contributed by atoms with Crippen LogP contribution in [0.5, 0.6) is 0 Å². The lowest BCUT2D eigenvalue weighted by Gasteiger charge is -2.28. The Kier molecular flexibility index (Phi) is 6.52. The van der Waals surface area contributed by atoms with Gasteiger partial charge in [0.15, 0.2) is 0 Å². The zero-order valence-corrected chi connectivity index (χ0v) is 10.1. The number of hydrogen-bond donors (Lipinski definition) is 1. The zero-order valence-electron chi connectivity index (χ0n) is 10.1. The zero-order chi connectivity index (χ0) is 13.5. The average molecular weight is 256 g/mol. The Hall–Kier alpha value is -0.780. The molecule has 1 unspecified atom stereocenters. The molecule has 6 heteroatoms. The van der Waals surface area contributed by atoms with E-state index in [1.54, 1.807) is 6.92 Å². The van der Waals surface area contributed by atoms with Crippen molar-refractivity contribution >= 4 is 5.97 Å². The van der Waals surface area contributed by atoms with Crippen molar-refractivity contribution in [1.29, 1.82) is 0 Å². The van der Waals surface area contributed by atoms with Crippen LogP contribution in [0.25, 0.3) is 0 Å². The maximum Gasteiger partial charge on any atom is 0.411 e. The lowest BCUT2D eigenvalue weighted by atomic mass is 9.81. The first-order chi connectivity index (χ1) is 7.77. The van der Waals surface area contributed by atoms with Crippen molar-refractivity contribution in [3.05, 3.63) is 0 Å². The normalized spacial score (nSPS) is 15.6. The van der Waals surface area contributed by atoms with Crippen molar-refractivity contribution in [2.24, 2.45) is 5.41 Å². The highest BCUT2D eigenvalue weighted by atomic mass is 19.4. The number of rotatable bonds is 8. The Bertz CT molecular complexity index is 241. The van der Waals surface area contributed by atoms with Crippen LogP contribution in [0, 0.1) is 5.41 Å². The van der Waals surface area contributed by atoms with Crippen molar-refractivity contribution in [3.63, 3.8) is 0 Å². The molecule has 0 aromatic carbocycles. The van der Waals surface area contributed by atoms with Crippen LogP contribution in [-0.2, 0) is 9.53 Å². The second-order valence-electron chi connectivity index (χ2n) is 4.15. The van der Waals surface area contributed by atoms with Crippen LogP contribution in [0.15, 0.2) is 0 Å². The fourth-order valence-corrected chi connectivity index (χ4v) is 1.55. The minimum absolute atomic E-state index is 0.264. The first-order valence-electron chi connectivity index (χ1n) is 5.65. The highest BCUT2D eigenvalue weighted by Gasteiger charge is 2.38. The molecule has 0 rings (SSSR count). The number of unbranched alkanes of at least 4 members (excludes halogenated alkanes) is 1. The molecule has 0 aliphatic carbocycles. The summed E-state index contributed by atoms with van der Waals surface area (Å²) in [6.07, 6.45) is -2.35. The molecule has 0 bridgehead atoms. The molecule has 0 heterocycles. The van der Waals surface area contributed by atoms with Gasteiger partial charge in [0.2, 0.25) is 0 Å². The summed E-state index contributed by atoms with van der Waals surface area (Å²) in [6, 6.07) is 0. The van der Waals surface area contributed by atoms with Gasteiger partial charge >= 0.3 is 12.1 Å². The fraction of sp³-hybridized carbons (Fsp3) is 0.909. The van der Waals surface area contributed by atoms with Crippen molar-refractivity contribution in [3.8, 4) is 0 Å². The first kappa shape index (κ1) is 16.2. The summed E-state index contributed by atoms with van der Waals surface area (Å²) >= 11 is 0. The fourth-order valence-electron chi connectivity index (χ4n) is 1.55. The number of aliphatic carboxylic acids is 1. The quantitative estimate of drug-likeness (QED) is 0.725. The number of halogens is 3. The van der Waals surface area contributed by atoms with E-state index < -0.39 is 30.8 Å². The molecule has 0 amide bonds. The molecule has 17 heavy (non-hydrogen) atoms. The van der Waals surface area contributed by atoms with Gasteiger partial charge in [-0.3, -0.25) is 4.79 Å². The Morgan fingerprint density at radius 1 is 1.24 bits per heavy atom. The number of carboxylic acid groups (broad SMARTS) is 1. The maximum absolute atomic E-state index is 11.9. The van der Waals surface area contributed by atoms with E-state index in [2.05, 4.69) is 4.74 Å². The molecule has 0 spiro atoms. The lowest BCUT2D eigenvalue weighted by molar-refractivity contribution is -0.187. The van der Waals surface area contributed by atoms with Crippen molar-refractivity contribution in [1.82, 2.24) is 0 Å². The minimum Gasteiger partial charge on any atom is -0.481 e. The molecular weight excluding hydrogens is 237 g/mol. The summed E-state index contributed by atoms with van der Waals surface area (Å²) < 4.78 is 40.3. The molecule has 0 aromatic rings. The van der Waals surface area contributed by atoms with Gasteiger partial charge in [-0.1, -0.05) is 26.7 Å². The molecule has 1 N–H and O–H groups in total. The molecule has 0 aliphatic rings. The summed E-state index contributed by atoms with van der Waals surface area (Å²) in [6.45, 7) is 1.77. The summed E-state index contributed by atoms with van der Waals surface area (Å²) in [5, 5.41) is 9.12. The Labute approximate surface area is 99.0 Å². The number of alkyl halides is 3. The third-order valence-corrected chi connectivity index (χ3v) is 2.78. The van der Waals surface area contributed by atoms with E-state index in [1.807, 2.05) is 6.92 Å². The first-order valence-corrected chi connectivity index (χ1v) is 5.65. The molecule has 1 atom stereocenters. The maximum atomic E-state index is 11.9. The molecule has 0 aliphatic heterocycles. The van der Waals surface area contributed by atoms with Gasteiger partial charge in [-0.15, -0.1) is 0 Å². The van der Waals surface area contributed by atoms with Gasteiger partial charge in [0.1, 0.15) is 6.61 Å². The minimum atomic E-state index is -4.41. The van der Waals surface area contributed by atoms with Crippen LogP contribution >= 0.6 is 0 Å². The largest absolute Gasteiger partial charge is 0.481 e. The van der Waals surface area contributed by atoms with Crippen LogP contribution in [0.1, 0.15) is 39.5 Å². The monoisotopic (exact) mass is 256 g/mol. The second-order valence-corrected chi connectivity index (χ2v) is 4.15. The van der Waals surface area contributed by atoms with E-state index in [9.17, 15) is 18.0 Å². The molecule has 3 nitrogen and oxygen atoms in total. The molecule has 0 fully saturated rings. The Morgan fingerprint density at radius 3 is 2.18 bits per heavy atom. The van der Waals surface area contributed by atoms with Gasteiger partial charge < -0.3 is 9.84 Å². The van der Waals surface area contributed by atoms with Crippen LogP contribution in [-0.4, -0.2) is 30.5 Å². The standard InChI is InChI=1S/C11H19F3O3/c1-3-5-6-10(4-2,9(15)16)7-17-8-11(12,13)14/h3-8H2,1-2H3,(H,15,16). The lowest BCUT2D eigenvalue weighted by Crippen LogP contribution is -2.36. The molecule has 0 radical (unpaired) electrons.